The Morgan fingerprint density at radius 2 is 1.84 bits per heavy atom. The van der Waals surface area contributed by atoms with Gasteiger partial charge >= 0.3 is 6.18 Å². The summed E-state index contributed by atoms with van der Waals surface area (Å²) >= 11 is 0. The van der Waals surface area contributed by atoms with Crippen LogP contribution in [0.15, 0.2) is 48.5 Å². The fourth-order valence-corrected chi connectivity index (χ4v) is 3.79. The highest BCUT2D eigenvalue weighted by Gasteiger charge is 2.32. The number of benzene rings is 2. The number of nitrogens with one attached hydrogen (secondary N) is 1. The van der Waals surface area contributed by atoms with Gasteiger partial charge in [-0.05, 0) is 49.6 Å². The van der Waals surface area contributed by atoms with E-state index in [1.807, 2.05) is 31.2 Å². The summed E-state index contributed by atoms with van der Waals surface area (Å²) in [5.74, 6) is 0.157. The van der Waals surface area contributed by atoms with E-state index in [9.17, 15) is 26.4 Å². The van der Waals surface area contributed by atoms with E-state index in [1.165, 1.54) is 6.07 Å². The highest BCUT2D eigenvalue weighted by molar-refractivity contribution is 7.92. The molecule has 170 valence electrons. The molecule has 6 nitrogen and oxygen atoms in total. The zero-order valence-corrected chi connectivity index (χ0v) is 18.1. The number of anilines is 1. The number of hydrogen-bond donors (Lipinski definition) is 1. The molecule has 2 rings (SSSR count). The number of sulfonamides is 1. The Labute approximate surface area is 180 Å². The predicted octanol–water partition coefficient (Wildman–Crippen LogP) is 3.62. The van der Waals surface area contributed by atoms with Crippen LogP contribution in [0.25, 0.3) is 0 Å². The molecule has 0 heterocycles. The second-order valence-corrected chi connectivity index (χ2v) is 8.72. The van der Waals surface area contributed by atoms with Crippen LogP contribution in [0.5, 0.6) is 5.75 Å². The molecule has 0 aliphatic carbocycles. The number of halogens is 3. The molecular weight excluding hydrogens is 433 g/mol. The molecule has 2 aromatic rings. The Morgan fingerprint density at radius 3 is 2.48 bits per heavy atom. The molecule has 10 heteroatoms. The Morgan fingerprint density at radius 1 is 1.13 bits per heavy atom. The molecule has 0 spiro atoms. The Kier molecular flexibility index (Phi) is 8.32. The summed E-state index contributed by atoms with van der Waals surface area (Å²) in [6.07, 6.45) is -2.57. The maximum atomic E-state index is 13.0. The van der Waals surface area contributed by atoms with Gasteiger partial charge in [0.05, 0.1) is 24.1 Å². The van der Waals surface area contributed by atoms with Crippen molar-refractivity contribution in [1.82, 2.24) is 5.32 Å². The maximum absolute atomic E-state index is 13.0. The summed E-state index contributed by atoms with van der Waals surface area (Å²) in [6.45, 7) is 2.08. The van der Waals surface area contributed by atoms with Crippen LogP contribution < -0.4 is 14.4 Å². The molecule has 0 atom stereocenters. The van der Waals surface area contributed by atoms with E-state index in [-0.39, 0.29) is 12.2 Å². The SMILES string of the molecule is CCOc1ccccc1CCCNC(=O)CN(c1cccc(C(F)(F)F)c1)S(C)(=O)=O. The number of carbonyl (C=O) groups excluding carboxylic acids is 1. The number of aryl methyl sites for hydroxylation is 1. The van der Waals surface area contributed by atoms with Gasteiger partial charge in [-0.2, -0.15) is 13.2 Å². The fourth-order valence-electron chi connectivity index (χ4n) is 2.94. The minimum absolute atomic E-state index is 0.224. The van der Waals surface area contributed by atoms with Gasteiger partial charge in [0, 0.05) is 6.54 Å². The van der Waals surface area contributed by atoms with Crippen molar-refractivity contribution in [2.45, 2.75) is 25.9 Å². The van der Waals surface area contributed by atoms with Crippen molar-refractivity contribution in [3.63, 3.8) is 0 Å². The molecule has 31 heavy (non-hydrogen) atoms. The average Bonchev–Trinajstić information content (AvgIpc) is 2.69. The van der Waals surface area contributed by atoms with E-state index in [4.69, 9.17) is 4.74 Å². The predicted molar refractivity (Wildman–Crippen MR) is 113 cm³/mol. The second kappa shape index (κ2) is 10.5. The van der Waals surface area contributed by atoms with Gasteiger partial charge in [0.1, 0.15) is 12.3 Å². The smallest absolute Gasteiger partial charge is 0.416 e. The monoisotopic (exact) mass is 458 g/mol. The summed E-state index contributed by atoms with van der Waals surface area (Å²) in [7, 11) is -3.97. The van der Waals surface area contributed by atoms with Gasteiger partial charge in [0.25, 0.3) is 0 Å². The lowest BCUT2D eigenvalue weighted by Gasteiger charge is -2.22. The average molecular weight is 459 g/mol. The van der Waals surface area contributed by atoms with Crippen molar-refractivity contribution in [2.75, 3.05) is 30.3 Å². The van der Waals surface area contributed by atoms with E-state index in [0.29, 0.717) is 29.8 Å². The molecule has 0 bridgehead atoms. The topological polar surface area (TPSA) is 75.7 Å². The van der Waals surface area contributed by atoms with Gasteiger partial charge in [-0.3, -0.25) is 9.10 Å². The van der Waals surface area contributed by atoms with Crippen LogP contribution in [0.3, 0.4) is 0 Å². The van der Waals surface area contributed by atoms with Gasteiger partial charge in [0.15, 0.2) is 0 Å². The number of carbonyl (C=O) groups is 1. The third-order valence-corrected chi connectivity index (χ3v) is 5.51. The third kappa shape index (κ3) is 7.46. The lowest BCUT2D eigenvalue weighted by molar-refractivity contribution is -0.137. The van der Waals surface area contributed by atoms with E-state index in [2.05, 4.69) is 5.32 Å². The molecule has 0 radical (unpaired) electrons. The van der Waals surface area contributed by atoms with E-state index in [1.54, 1.807) is 0 Å². The van der Waals surface area contributed by atoms with Crippen molar-refractivity contribution >= 4 is 21.6 Å². The summed E-state index contributed by atoms with van der Waals surface area (Å²) in [5.41, 5.74) is -0.231. The normalized spacial score (nSPS) is 11.8. The van der Waals surface area contributed by atoms with E-state index >= 15 is 0 Å². The molecule has 0 aliphatic rings. The molecule has 0 saturated heterocycles. The first-order chi connectivity index (χ1) is 14.5. The molecule has 0 fully saturated rings. The highest BCUT2D eigenvalue weighted by Crippen LogP contribution is 2.32. The summed E-state index contributed by atoms with van der Waals surface area (Å²) in [5, 5.41) is 2.61. The van der Waals surface area contributed by atoms with E-state index in [0.717, 1.165) is 29.7 Å². The Balaban J connectivity index is 1.99. The molecular formula is C21H25F3N2O4S. The number of nitrogens with zero attached hydrogens (tertiary/aromatic N) is 1. The van der Waals surface area contributed by atoms with Gasteiger partial charge in [-0.15, -0.1) is 0 Å². The molecule has 1 amide bonds. The van der Waals surface area contributed by atoms with Crippen LogP contribution in [0, 0.1) is 0 Å². The van der Waals surface area contributed by atoms with Crippen LogP contribution in [0.2, 0.25) is 0 Å². The third-order valence-electron chi connectivity index (χ3n) is 4.37. The first-order valence-corrected chi connectivity index (χ1v) is 11.5. The van der Waals surface area contributed by atoms with Crippen molar-refractivity contribution in [1.29, 1.82) is 0 Å². The molecule has 1 N–H and O–H groups in total. The fraction of sp³-hybridized carbons (Fsp3) is 0.381. The summed E-state index contributed by atoms with van der Waals surface area (Å²) in [4.78, 5) is 12.3. The molecule has 0 aliphatic heterocycles. The molecule has 0 saturated carbocycles. The van der Waals surface area contributed by atoms with Gasteiger partial charge in [-0.25, -0.2) is 8.42 Å². The van der Waals surface area contributed by atoms with Crippen LogP contribution in [0.1, 0.15) is 24.5 Å². The van der Waals surface area contributed by atoms with Gasteiger partial charge in [-0.1, -0.05) is 24.3 Å². The summed E-state index contributed by atoms with van der Waals surface area (Å²) < 4.78 is 69.3. The van der Waals surface area contributed by atoms with Crippen molar-refractivity contribution in [2.24, 2.45) is 0 Å². The Bertz CT molecular complexity index is 994. The molecule has 0 aromatic heterocycles. The first kappa shape index (κ1) is 24.5. The van der Waals surface area contributed by atoms with Crippen molar-refractivity contribution in [3.8, 4) is 5.75 Å². The maximum Gasteiger partial charge on any atom is 0.416 e. The van der Waals surface area contributed by atoms with Crippen LogP contribution >= 0.6 is 0 Å². The number of rotatable bonds is 10. The van der Waals surface area contributed by atoms with E-state index < -0.39 is 34.2 Å². The zero-order chi connectivity index (χ0) is 23.1. The van der Waals surface area contributed by atoms with Crippen LogP contribution in [-0.2, 0) is 27.4 Å². The van der Waals surface area contributed by atoms with Crippen LogP contribution in [0.4, 0.5) is 18.9 Å². The molecule has 2 aromatic carbocycles. The number of para-hydroxylation sites is 1. The summed E-state index contributed by atoms with van der Waals surface area (Å²) in [6, 6.07) is 11.4. The van der Waals surface area contributed by atoms with Gasteiger partial charge < -0.3 is 10.1 Å². The van der Waals surface area contributed by atoms with Crippen molar-refractivity contribution < 1.29 is 31.1 Å². The minimum atomic E-state index is -4.63. The quantitative estimate of drug-likeness (QED) is 0.552. The largest absolute Gasteiger partial charge is 0.494 e. The van der Waals surface area contributed by atoms with Crippen molar-refractivity contribution in [3.05, 3.63) is 59.7 Å². The number of alkyl halides is 3. The van der Waals surface area contributed by atoms with Crippen LogP contribution in [-0.4, -0.2) is 40.3 Å². The lowest BCUT2D eigenvalue weighted by atomic mass is 10.1. The highest BCUT2D eigenvalue weighted by atomic mass is 32.2. The van der Waals surface area contributed by atoms with Gasteiger partial charge in [0.2, 0.25) is 15.9 Å². The first-order valence-electron chi connectivity index (χ1n) is 9.64. The number of hydrogen-bond acceptors (Lipinski definition) is 4. The number of amides is 1. The molecule has 0 unspecified atom stereocenters. The Hall–Kier alpha value is -2.75. The number of ether oxygens (including phenoxy) is 1. The minimum Gasteiger partial charge on any atom is -0.494 e. The zero-order valence-electron chi connectivity index (χ0n) is 17.3. The lowest BCUT2D eigenvalue weighted by Crippen LogP contribution is -2.40. The standard InChI is InChI=1S/C21H25F3N2O4S/c1-3-30-19-12-5-4-8-16(19)9-7-13-25-20(27)15-26(31(2,28)29)18-11-6-10-17(14-18)21(22,23)24/h4-6,8,10-12,14H,3,7,9,13,15H2,1-2H3,(H,25,27). The second-order valence-electron chi connectivity index (χ2n) is 6.81.